The normalized spacial score (nSPS) is 14.7. The van der Waals surface area contributed by atoms with Gasteiger partial charge in [0, 0.05) is 10.1 Å². The van der Waals surface area contributed by atoms with Crippen molar-refractivity contribution in [1.82, 2.24) is 0 Å². The van der Waals surface area contributed by atoms with Gasteiger partial charge in [-0.15, -0.1) is 11.3 Å². The van der Waals surface area contributed by atoms with Crippen molar-refractivity contribution in [3.63, 3.8) is 0 Å². The van der Waals surface area contributed by atoms with Crippen LogP contribution in [0, 0.1) is 19.7 Å². The Kier molecular flexibility index (Phi) is 4.69. The van der Waals surface area contributed by atoms with E-state index in [0.717, 1.165) is 22.4 Å². The number of carbonyl (C=O) groups is 2. The molecule has 0 saturated carbocycles. The van der Waals surface area contributed by atoms with Crippen LogP contribution in [-0.4, -0.2) is 12.2 Å². The first-order chi connectivity index (χ1) is 11.4. The van der Waals surface area contributed by atoms with Crippen molar-refractivity contribution >= 4 is 49.6 Å². The maximum atomic E-state index is 13.8. The summed E-state index contributed by atoms with van der Waals surface area (Å²) in [5.41, 5.74) is 3.46. The summed E-state index contributed by atoms with van der Waals surface area (Å²) in [6.07, 6.45) is 0.745. The number of carbonyl (C=O) groups excluding carboxylic acids is 2. The Balaban J connectivity index is 2.07. The molecule has 0 bridgehead atoms. The van der Waals surface area contributed by atoms with Crippen LogP contribution in [0.5, 0.6) is 0 Å². The van der Waals surface area contributed by atoms with E-state index in [1.165, 1.54) is 17.4 Å². The topological polar surface area (TPSA) is 37.4 Å². The summed E-state index contributed by atoms with van der Waals surface area (Å²) in [7, 11) is 0. The van der Waals surface area contributed by atoms with E-state index in [2.05, 4.69) is 15.9 Å². The molecule has 2 heterocycles. The van der Waals surface area contributed by atoms with Gasteiger partial charge in [0.05, 0.1) is 23.5 Å². The zero-order valence-corrected chi connectivity index (χ0v) is 15.6. The molecule has 0 spiro atoms. The van der Waals surface area contributed by atoms with E-state index in [1.54, 1.807) is 17.9 Å². The molecule has 0 atom stereocenters. The van der Waals surface area contributed by atoms with Gasteiger partial charge in [-0.05, 0) is 57.9 Å². The van der Waals surface area contributed by atoms with Crippen LogP contribution in [0.1, 0.15) is 28.0 Å². The van der Waals surface area contributed by atoms with Crippen LogP contribution in [-0.2, 0) is 16.1 Å². The van der Waals surface area contributed by atoms with Gasteiger partial charge in [0.2, 0.25) is 5.91 Å². The fraction of sp³-hybridized carbons (Fsp3) is 0.222. The molecule has 2 aromatic rings. The average molecular weight is 408 g/mol. The van der Waals surface area contributed by atoms with Crippen molar-refractivity contribution in [3.05, 3.63) is 56.5 Å². The molecule has 0 aliphatic carbocycles. The van der Waals surface area contributed by atoms with E-state index < -0.39 is 0 Å². The molecular weight excluding hydrogens is 393 g/mol. The Labute approximate surface area is 151 Å². The number of aldehydes is 1. The van der Waals surface area contributed by atoms with Crippen LogP contribution in [0.2, 0.25) is 0 Å². The zero-order valence-electron chi connectivity index (χ0n) is 13.2. The summed E-state index contributed by atoms with van der Waals surface area (Å²) in [6, 6.07) is 4.98. The van der Waals surface area contributed by atoms with Crippen molar-refractivity contribution < 1.29 is 14.0 Å². The van der Waals surface area contributed by atoms with Crippen LogP contribution in [0.25, 0.3) is 4.48 Å². The van der Waals surface area contributed by atoms with Gasteiger partial charge in [0.25, 0.3) is 0 Å². The Morgan fingerprint density at radius 1 is 1.33 bits per heavy atom. The second kappa shape index (κ2) is 6.61. The molecule has 0 unspecified atom stereocenters. The summed E-state index contributed by atoms with van der Waals surface area (Å²) in [5.74, 6) is -0.458. The van der Waals surface area contributed by atoms with Gasteiger partial charge >= 0.3 is 0 Å². The van der Waals surface area contributed by atoms with Gasteiger partial charge in [0.15, 0.2) is 0 Å². The van der Waals surface area contributed by atoms with Crippen LogP contribution in [0.3, 0.4) is 0 Å². The molecule has 1 aliphatic heterocycles. The highest BCUT2D eigenvalue weighted by Crippen LogP contribution is 2.43. The van der Waals surface area contributed by atoms with Crippen LogP contribution in [0.15, 0.2) is 29.2 Å². The van der Waals surface area contributed by atoms with Gasteiger partial charge < -0.3 is 4.90 Å². The number of hydrogen-bond acceptors (Lipinski definition) is 3. The SMILES string of the molecule is Cc1ccc(CN2C(=O)CC(C=O)=C(Br)c3scc(C)c32)cc1F. The average Bonchev–Trinajstić information content (AvgIpc) is 2.89. The number of benzene rings is 1. The first kappa shape index (κ1) is 17.0. The molecule has 0 saturated heterocycles. The fourth-order valence-electron chi connectivity index (χ4n) is 2.71. The summed E-state index contributed by atoms with van der Waals surface area (Å²) in [4.78, 5) is 26.5. The molecular formula is C18H15BrFNO2S. The lowest BCUT2D eigenvalue weighted by Crippen LogP contribution is -2.30. The van der Waals surface area contributed by atoms with E-state index in [9.17, 15) is 14.0 Å². The van der Waals surface area contributed by atoms with Gasteiger partial charge in [0.1, 0.15) is 12.1 Å². The van der Waals surface area contributed by atoms with E-state index in [1.807, 2.05) is 18.4 Å². The smallest absolute Gasteiger partial charge is 0.231 e. The predicted octanol–water partition coefficient (Wildman–Crippen LogP) is 4.75. The minimum absolute atomic E-state index is 0.0271. The molecule has 24 heavy (non-hydrogen) atoms. The number of fused-ring (bicyclic) bond motifs is 1. The van der Waals surface area contributed by atoms with E-state index >= 15 is 0 Å². The predicted molar refractivity (Wildman–Crippen MR) is 97.9 cm³/mol. The van der Waals surface area contributed by atoms with Crippen LogP contribution in [0.4, 0.5) is 10.1 Å². The molecule has 6 heteroatoms. The lowest BCUT2D eigenvalue weighted by atomic mass is 10.1. The number of anilines is 1. The van der Waals surface area contributed by atoms with E-state index in [0.29, 0.717) is 21.2 Å². The highest BCUT2D eigenvalue weighted by atomic mass is 79.9. The summed E-state index contributed by atoms with van der Waals surface area (Å²) < 4.78 is 14.5. The Morgan fingerprint density at radius 3 is 2.75 bits per heavy atom. The Bertz CT molecular complexity index is 872. The van der Waals surface area contributed by atoms with Crippen molar-refractivity contribution in [2.24, 2.45) is 0 Å². The second-order valence-corrected chi connectivity index (χ2v) is 7.47. The minimum atomic E-state index is -0.287. The largest absolute Gasteiger partial charge is 0.306 e. The molecule has 0 N–H and O–H groups in total. The lowest BCUT2D eigenvalue weighted by Gasteiger charge is -2.23. The molecule has 3 rings (SSSR count). The number of amides is 1. The third-order valence-corrected chi connectivity index (χ3v) is 6.33. The van der Waals surface area contributed by atoms with Crippen molar-refractivity contribution in [3.8, 4) is 0 Å². The van der Waals surface area contributed by atoms with Gasteiger partial charge in [-0.1, -0.05) is 12.1 Å². The minimum Gasteiger partial charge on any atom is -0.306 e. The van der Waals surface area contributed by atoms with Gasteiger partial charge in [-0.25, -0.2) is 4.39 Å². The van der Waals surface area contributed by atoms with E-state index in [-0.39, 0.29) is 24.7 Å². The molecule has 1 aromatic heterocycles. The molecule has 3 nitrogen and oxygen atoms in total. The van der Waals surface area contributed by atoms with Crippen LogP contribution < -0.4 is 4.90 Å². The first-order valence-corrected chi connectivity index (χ1v) is 9.07. The lowest BCUT2D eigenvalue weighted by molar-refractivity contribution is -0.118. The number of aryl methyl sites for hydroxylation is 2. The Morgan fingerprint density at radius 2 is 2.08 bits per heavy atom. The number of hydrogen-bond donors (Lipinski definition) is 0. The third kappa shape index (κ3) is 2.96. The van der Waals surface area contributed by atoms with Crippen molar-refractivity contribution in [1.29, 1.82) is 0 Å². The first-order valence-electron chi connectivity index (χ1n) is 7.40. The monoisotopic (exact) mass is 407 g/mol. The quantitative estimate of drug-likeness (QED) is 0.688. The Hall–Kier alpha value is -1.79. The zero-order chi connectivity index (χ0) is 17.4. The number of rotatable bonds is 3. The fourth-order valence-corrected chi connectivity index (χ4v) is 4.44. The number of halogens is 2. The molecule has 0 radical (unpaired) electrons. The molecule has 0 fully saturated rings. The summed E-state index contributed by atoms with van der Waals surface area (Å²) >= 11 is 4.94. The standard InChI is InChI=1S/C18H15BrFNO2S/c1-10-3-4-12(5-14(10)20)7-21-15(23)6-13(8-22)16(19)18-17(21)11(2)9-24-18/h3-5,8-9H,6-7H2,1-2H3. The molecule has 1 amide bonds. The molecule has 124 valence electrons. The maximum absolute atomic E-state index is 13.8. The third-order valence-electron chi connectivity index (χ3n) is 4.06. The van der Waals surface area contributed by atoms with Gasteiger partial charge in [-0.3, -0.25) is 9.59 Å². The van der Waals surface area contributed by atoms with Crippen LogP contribution >= 0.6 is 27.3 Å². The number of thiophene rings is 1. The highest BCUT2D eigenvalue weighted by Gasteiger charge is 2.29. The van der Waals surface area contributed by atoms with Gasteiger partial charge in [-0.2, -0.15) is 0 Å². The number of nitrogens with zero attached hydrogens (tertiary/aromatic N) is 1. The summed E-state index contributed by atoms with van der Waals surface area (Å²) in [5, 5.41) is 1.95. The van der Waals surface area contributed by atoms with E-state index in [4.69, 9.17) is 0 Å². The molecule has 1 aliphatic rings. The maximum Gasteiger partial charge on any atom is 0.231 e. The summed E-state index contributed by atoms with van der Waals surface area (Å²) in [6.45, 7) is 3.90. The van der Waals surface area contributed by atoms with Crippen molar-refractivity contribution in [2.75, 3.05) is 4.90 Å². The van der Waals surface area contributed by atoms with Crippen molar-refractivity contribution in [2.45, 2.75) is 26.8 Å². The highest BCUT2D eigenvalue weighted by molar-refractivity contribution is 9.15. The molecule has 1 aromatic carbocycles. The second-order valence-electron chi connectivity index (χ2n) is 5.79.